The topological polar surface area (TPSA) is 95.9 Å². The lowest BCUT2D eigenvalue weighted by molar-refractivity contribution is -0.143. The van der Waals surface area contributed by atoms with Crippen molar-refractivity contribution in [1.82, 2.24) is 5.32 Å². The molecule has 0 aromatic rings. The van der Waals surface area contributed by atoms with Crippen molar-refractivity contribution in [3.05, 3.63) is 12.2 Å². The molecular weight excluding hydrogens is 887 g/mol. The van der Waals surface area contributed by atoms with Gasteiger partial charge in [0.05, 0.1) is 25.4 Å². The molecule has 0 aliphatic carbocycles. The Balaban J connectivity index is 3.45. The van der Waals surface area contributed by atoms with Crippen molar-refractivity contribution >= 4 is 11.9 Å². The van der Waals surface area contributed by atoms with Gasteiger partial charge in [0.1, 0.15) is 0 Å². The molecule has 6 nitrogen and oxygen atoms in total. The second-order valence-corrected chi connectivity index (χ2v) is 22.8. The summed E-state index contributed by atoms with van der Waals surface area (Å²) in [5.74, 6) is -0.0670. The number of hydrogen-bond acceptors (Lipinski definition) is 5. The lowest BCUT2D eigenvalue weighted by atomic mass is 10.0. The van der Waals surface area contributed by atoms with Gasteiger partial charge in [-0.3, -0.25) is 9.59 Å². The molecule has 428 valence electrons. The maximum Gasteiger partial charge on any atom is 0.305 e. The van der Waals surface area contributed by atoms with Crippen LogP contribution in [0.5, 0.6) is 0 Å². The highest BCUT2D eigenvalue weighted by Crippen LogP contribution is 2.19. The zero-order valence-corrected chi connectivity index (χ0v) is 48.9. The molecule has 0 aliphatic rings. The van der Waals surface area contributed by atoms with Gasteiger partial charge in [-0.15, -0.1) is 0 Å². The fourth-order valence-corrected chi connectivity index (χ4v) is 10.5. The molecule has 0 aliphatic heterocycles. The minimum absolute atomic E-state index is 0.00712. The molecule has 0 saturated heterocycles. The number of carbonyl (C=O) groups excluding carboxylic acids is 2. The van der Waals surface area contributed by atoms with Crippen LogP contribution in [0.15, 0.2) is 12.2 Å². The number of hydrogen-bond donors (Lipinski definition) is 3. The third-order valence-corrected chi connectivity index (χ3v) is 15.6. The van der Waals surface area contributed by atoms with Crippen LogP contribution in [0.1, 0.15) is 373 Å². The fourth-order valence-electron chi connectivity index (χ4n) is 10.5. The zero-order valence-electron chi connectivity index (χ0n) is 48.9. The van der Waals surface area contributed by atoms with Gasteiger partial charge < -0.3 is 20.3 Å². The smallest absolute Gasteiger partial charge is 0.305 e. The molecule has 0 aromatic heterocycles. The number of esters is 1. The average molecular weight is 1020 g/mol. The number of carbonyl (C=O) groups is 2. The SMILES string of the molecule is CCCCCCCCCCCCCCCCCCCCCCCCCCCC(O)C(CO)NC(=O)CCCCC/C=C\CCCCCCCCOC(=O)CCCCCCCCCCCCCCCCCCC. The summed E-state index contributed by atoms with van der Waals surface area (Å²) in [6.45, 7) is 4.95. The third kappa shape index (κ3) is 57.9. The van der Waals surface area contributed by atoms with E-state index in [0.717, 1.165) is 70.6 Å². The Kier molecular flexibility index (Phi) is 60.9. The highest BCUT2D eigenvalue weighted by Gasteiger charge is 2.20. The van der Waals surface area contributed by atoms with E-state index in [0.29, 0.717) is 25.9 Å². The van der Waals surface area contributed by atoms with Gasteiger partial charge in [-0.05, 0) is 51.4 Å². The highest BCUT2D eigenvalue weighted by atomic mass is 16.5. The number of rotatable bonds is 62. The van der Waals surface area contributed by atoms with Gasteiger partial charge in [-0.2, -0.15) is 0 Å². The van der Waals surface area contributed by atoms with Gasteiger partial charge >= 0.3 is 5.97 Å². The summed E-state index contributed by atoms with van der Waals surface area (Å²) >= 11 is 0. The van der Waals surface area contributed by atoms with E-state index >= 15 is 0 Å². The normalized spacial score (nSPS) is 12.6. The maximum absolute atomic E-state index is 12.5. The molecule has 3 N–H and O–H groups in total. The summed E-state index contributed by atoms with van der Waals surface area (Å²) in [7, 11) is 0. The van der Waals surface area contributed by atoms with E-state index in [4.69, 9.17) is 4.74 Å². The third-order valence-electron chi connectivity index (χ3n) is 15.6. The van der Waals surface area contributed by atoms with Crippen LogP contribution in [-0.2, 0) is 14.3 Å². The Morgan fingerprint density at radius 2 is 0.653 bits per heavy atom. The molecule has 0 radical (unpaired) electrons. The quantitative estimate of drug-likeness (QED) is 0.0320. The van der Waals surface area contributed by atoms with Crippen molar-refractivity contribution in [1.29, 1.82) is 0 Å². The van der Waals surface area contributed by atoms with Crippen molar-refractivity contribution < 1.29 is 24.5 Å². The van der Waals surface area contributed by atoms with Gasteiger partial charge in [0.15, 0.2) is 0 Å². The summed E-state index contributed by atoms with van der Waals surface area (Å²) in [4.78, 5) is 24.6. The van der Waals surface area contributed by atoms with Crippen LogP contribution in [-0.4, -0.2) is 47.4 Å². The maximum atomic E-state index is 12.5. The minimum Gasteiger partial charge on any atom is -0.466 e. The Hall–Kier alpha value is -1.40. The summed E-state index contributed by atoms with van der Waals surface area (Å²) in [5, 5.41) is 23.4. The summed E-state index contributed by atoms with van der Waals surface area (Å²) < 4.78 is 5.48. The molecule has 2 unspecified atom stereocenters. The van der Waals surface area contributed by atoms with Crippen LogP contribution in [0.3, 0.4) is 0 Å². The van der Waals surface area contributed by atoms with Crippen molar-refractivity contribution in [2.75, 3.05) is 13.2 Å². The molecule has 0 aromatic carbocycles. The van der Waals surface area contributed by atoms with E-state index < -0.39 is 12.1 Å². The predicted molar refractivity (Wildman–Crippen MR) is 315 cm³/mol. The Morgan fingerprint density at radius 3 is 1.00 bits per heavy atom. The van der Waals surface area contributed by atoms with Crippen LogP contribution >= 0.6 is 0 Å². The van der Waals surface area contributed by atoms with Crippen molar-refractivity contribution in [3.63, 3.8) is 0 Å². The van der Waals surface area contributed by atoms with Gasteiger partial charge in [0.2, 0.25) is 5.91 Å². The molecule has 0 heterocycles. The molecular formula is C66H129NO5. The molecule has 0 saturated carbocycles. The number of allylic oxidation sites excluding steroid dienone is 2. The predicted octanol–water partition coefficient (Wildman–Crippen LogP) is 20.8. The minimum atomic E-state index is -0.682. The largest absolute Gasteiger partial charge is 0.466 e. The Morgan fingerprint density at radius 1 is 0.375 bits per heavy atom. The first-order chi connectivity index (χ1) is 35.5. The van der Waals surface area contributed by atoms with E-state index in [9.17, 15) is 19.8 Å². The zero-order chi connectivity index (χ0) is 52.2. The number of nitrogens with one attached hydrogen (secondary N) is 1. The molecule has 72 heavy (non-hydrogen) atoms. The first-order valence-corrected chi connectivity index (χ1v) is 32.9. The number of aliphatic hydroxyl groups excluding tert-OH is 2. The summed E-state index contributed by atoms with van der Waals surface area (Å²) in [5.41, 5.74) is 0. The first kappa shape index (κ1) is 70.6. The number of amides is 1. The van der Waals surface area contributed by atoms with Gasteiger partial charge in [-0.1, -0.05) is 321 Å². The molecule has 1 amide bonds. The molecule has 2 atom stereocenters. The van der Waals surface area contributed by atoms with Crippen LogP contribution in [0.25, 0.3) is 0 Å². The molecule has 6 heteroatoms. The van der Waals surface area contributed by atoms with Crippen LogP contribution < -0.4 is 5.32 Å². The van der Waals surface area contributed by atoms with E-state index in [1.54, 1.807) is 0 Å². The van der Waals surface area contributed by atoms with Crippen molar-refractivity contribution in [2.45, 2.75) is 386 Å². The van der Waals surface area contributed by atoms with Gasteiger partial charge in [-0.25, -0.2) is 0 Å². The fraction of sp³-hybridized carbons (Fsp3) is 0.939. The highest BCUT2D eigenvalue weighted by molar-refractivity contribution is 5.76. The lowest BCUT2D eigenvalue weighted by Crippen LogP contribution is -2.45. The van der Waals surface area contributed by atoms with Crippen LogP contribution in [0, 0.1) is 0 Å². The average Bonchev–Trinajstić information content (AvgIpc) is 3.38. The number of aliphatic hydroxyl groups is 2. The first-order valence-electron chi connectivity index (χ1n) is 32.9. The molecule has 0 bridgehead atoms. The van der Waals surface area contributed by atoms with Crippen molar-refractivity contribution in [3.8, 4) is 0 Å². The van der Waals surface area contributed by atoms with Crippen LogP contribution in [0.4, 0.5) is 0 Å². The van der Waals surface area contributed by atoms with Crippen LogP contribution in [0.2, 0.25) is 0 Å². The summed E-state index contributed by atoms with van der Waals surface area (Å²) in [6.07, 6.45) is 75.2. The molecule has 0 spiro atoms. The molecule has 0 fully saturated rings. The lowest BCUT2D eigenvalue weighted by Gasteiger charge is -2.22. The number of unbranched alkanes of at least 4 members (excludes halogenated alkanes) is 49. The van der Waals surface area contributed by atoms with E-state index in [1.807, 2.05) is 0 Å². The van der Waals surface area contributed by atoms with E-state index in [2.05, 4.69) is 31.3 Å². The van der Waals surface area contributed by atoms with E-state index in [-0.39, 0.29) is 18.5 Å². The molecule has 0 rings (SSSR count). The number of ether oxygens (including phenoxy) is 1. The van der Waals surface area contributed by atoms with Gasteiger partial charge in [0.25, 0.3) is 0 Å². The van der Waals surface area contributed by atoms with Gasteiger partial charge in [0, 0.05) is 12.8 Å². The summed E-state index contributed by atoms with van der Waals surface area (Å²) in [6, 6.07) is -0.562. The second-order valence-electron chi connectivity index (χ2n) is 22.8. The Labute approximate surface area is 450 Å². The monoisotopic (exact) mass is 1020 g/mol. The standard InChI is InChI=1S/C66H129NO5/c1-3-5-7-9-11-13-15-17-19-21-22-23-24-25-26-27-28-30-31-34-38-42-46-50-54-58-64(69)63(62-68)67-65(70)59-55-51-47-43-39-35-33-37-41-45-49-53-57-61-72-66(71)60-56-52-48-44-40-36-32-29-20-18-16-14-12-10-8-6-4-2/h35,39,63-64,68-69H,3-34,36-38,40-62H2,1-2H3,(H,67,70)/b39-35-. The van der Waals surface area contributed by atoms with E-state index in [1.165, 1.54) is 270 Å². The van der Waals surface area contributed by atoms with Crippen molar-refractivity contribution in [2.24, 2.45) is 0 Å². The Bertz CT molecular complexity index is 1080. The second kappa shape index (κ2) is 62.1.